The quantitative estimate of drug-likeness (QED) is 0.927. The molecule has 2 fully saturated rings. The Morgan fingerprint density at radius 3 is 2.86 bits per heavy atom. The van der Waals surface area contributed by atoms with Crippen LogP contribution in [-0.4, -0.2) is 35.8 Å². The molecule has 1 saturated heterocycles. The van der Waals surface area contributed by atoms with Crippen LogP contribution in [0.15, 0.2) is 17.5 Å². The van der Waals surface area contributed by atoms with Crippen molar-refractivity contribution in [3.8, 4) is 0 Å². The number of nitrogens with one attached hydrogen (secondary N) is 1. The summed E-state index contributed by atoms with van der Waals surface area (Å²) in [5.41, 5.74) is 0. The molecule has 0 radical (unpaired) electrons. The SMILES string of the molecule is O=C(NCCC(=O)N1CCCC2CCCCC21)c1cccs1. The standard InChI is InChI=1S/C17H24N2O2S/c20-16(9-10-18-17(21)15-8-4-12-22-15)19-11-3-6-13-5-1-2-7-14(13)19/h4,8,12-14H,1-3,5-7,9-11H2,(H,18,21). The molecule has 3 rings (SSSR count). The molecule has 1 aromatic heterocycles. The van der Waals surface area contributed by atoms with Crippen molar-refractivity contribution in [1.82, 2.24) is 10.2 Å². The number of thiophene rings is 1. The Morgan fingerprint density at radius 2 is 2.05 bits per heavy atom. The lowest BCUT2D eigenvalue weighted by atomic mass is 9.78. The van der Waals surface area contributed by atoms with E-state index < -0.39 is 0 Å². The molecule has 1 saturated carbocycles. The third-order valence-corrected chi connectivity index (χ3v) is 5.80. The molecule has 5 heteroatoms. The fourth-order valence-electron chi connectivity index (χ4n) is 3.86. The summed E-state index contributed by atoms with van der Waals surface area (Å²) in [5.74, 6) is 0.854. The number of carbonyl (C=O) groups excluding carboxylic acids is 2. The Kier molecular flexibility index (Phi) is 5.13. The highest BCUT2D eigenvalue weighted by Crippen LogP contribution is 2.35. The average Bonchev–Trinajstić information content (AvgIpc) is 3.08. The first-order valence-corrected chi connectivity index (χ1v) is 9.25. The summed E-state index contributed by atoms with van der Waals surface area (Å²) in [6, 6.07) is 4.13. The minimum atomic E-state index is -0.0722. The summed E-state index contributed by atoms with van der Waals surface area (Å²) >= 11 is 1.43. The highest BCUT2D eigenvalue weighted by atomic mass is 32.1. The van der Waals surface area contributed by atoms with Gasteiger partial charge in [-0.05, 0) is 43.0 Å². The zero-order valence-electron chi connectivity index (χ0n) is 12.9. The number of hydrogen-bond acceptors (Lipinski definition) is 3. The Morgan fingerprint density at radius 1 is 1.23 bits per heavy atom. The Bertz CT molecular complexity index is 513. The summed E-state index contributed by atoms with van der Waals surface area (Å²) in [5, 5.41) is 4.74. The van der Waals surface area contributed by atoms with Crippen LogP contribution in [-0.2, 0) is 4.79 Å². The third-order valence-electron chi connectivity index (χ3n) is 4.93. The molecule has 2 amide bonds. The molecule has 4 nitrogen and oxygen atoms in total. The molecule has 0 aromatic carbocycles. The largest absolute Gasteiger partial charge is 0.351 e. The molecule has 1 aliphatic carbocycles. The van der Waals surface area contributed by atoms with Crippen molar-refractivity contribution in [1.29, 1.82) is 0 Å². The first-order valence-electron chi connectivity index (χ1n) is 8.37. The molecule has 2 aliphatic rings. The van der Waals surface area contributed by atoms with Crippen LogP contribution in [0.1, 0.15) is 54.6 Å². The first-order chi connectivity index (χ1) is 10.8. The van der Waals surface area contributed by atoms with E-state index in [0.29, 0.717) is 29.8 Å². The van der Waals surface area contributed by atoms with Crippen LogP contribution in [0.5, 0.6) is 0 Å². The van der Waals surface area contributed by atoms with E-state index in [-0.39, 0.29) is 11.8 Å². The lowest BCUT2D eigenvalue weighted by Gasteiger charge is -2.44. The average molecular weight is 320 g/mol. The number of hydrogen-bond donors (Lipinski definition) is 1. The number of nitrogens with zero attached hydrogens (tertiary/aromatic N) is 1. The molecule has 2 unspecified atom stereocenters. The molecule has 1 aliphatic heterocycles. The van der Waals surface area contributed by atoms with Crippen LogP contribution < -0.4 is 5.32 Å². The van der Waals surface area contributed by atoms with Crippen LogP contribution in [0.25, 0.3) is 0 Å². The van der Waals surface area contributed by atoms with Gasteiger partial charge in [-0.2, -0.15) is 0 Å². The zero-order chi connectivity index (χ0) is 15.4. The minimum Gasteiger partial charge on any atom is -0.351 e. The van der Waals surface area contributed by atoms with Gasteiger partial charge in [-0.25, -0.2) is 0 Å². The van der Waals surface area contributed by atoms with Crippen molar-refractivity contribution in [2.24, 2.45) is 5.92 Å². The predicted octanol–water partition coefficient (Wildman–Crippen LogP) is 3.05. The van der Waals surface area contributed by atoms with E-state index in [2.05, 4.69) is 10.2 Å². The second-order valence-corrected chi connectivity index (χ2v) is 7.27. The molecule has 1 aromatic rings. The van der Waals surface area contributed by atoms with Crippen molar-refractivity contribution in [2.75, 3.05) is 13.1 Å². The van der Waals surface area contributed by atoms with Gasteiger partial charge in [0.2, 0.25) is 5.91 Å². The fraction of sp³-hybridized carbons (Fsp3) is 0.647. The molecule has 120 valence electrons. The number of piperidine rings is 1. The highest BCUT2D eigenvalue weighted by molar-refractivity contribution is 7.12. The van der Waals surface area contributed by atoms with E-state index in [1.807, 2.05) is 11.4 Å². The van der Waals surface area contributed by atoms with Gasteiger partial charge in [-0.3, -0.25) is 9.59 Å². The lowest BCUT2D eigenvalue weighted by Crippen LogP contribution is -2.50. The van der Waals surface area contributed by atoms with E-state index in [1.54, 1.807) is 6.07 Å². The topological polar surface area (TPSA) is 49.4 Å². The van der Waals surface area contributed by atoms with Crippen molar-refractivity contribution in [3.63, 3.8) is 0 Å². The highest BCUT2D eigenvalue weighted by Gasteiger charge is 2.35. The van der Waals surface area contributed by atoms with Crippen LogP contribution in [0.3, 0.4) is 0 Å². The van der Waals surface area contributed by atoms with Gasteiger partial charge in [0.05, 0.1) is 4.88 Å². The monoisotopic (exact) mass is 320 g/mol. The van der Waals surface area contributed by atoms with Crippen molar-refractivity contribution < 1.29 is 9.59 Å². The van der Waals surface area contributed by atoms with E-state index in [4.69, 9.17) is 0 Å². The van der Waals surface area contributed by atoms with E-state index in [1.165, 1.54) is 37.0 Å². The minimum absolute atomic E-state index is 0.0722. The van der Waals surface area contributed by atoms with Crippen LogP contribution in [0.2, 0.25) is 0 Å². The maximum atomic E-state index is 12.5. The maximum Gasteiger partial charge on any atom is 0.261 e. The Labute approximate surface area is 135 Å². The molecule has 2 heterocycles. The third kappa shape index (κ3) is 3.51. The molecule has 0 spiro atoms. The van der Waals surface area contributed by atoms with Gasteiger partial charge < -0.3 is 10.2 Å². The predicted molar refractivity (Wildman–Crippen MR) is 88.0 cm³/mol. The van der Waals surface area contributed by atoms with Gasteiger partial charge in [0.1, 0.15) is 0 Å². The van der Waals surface area contributed by atoms with Gasteiger partial charge in [-0.15, -0.1) is 11.3 Å². The van der Waals surface area contributed by atoms with E-state index in [9.17, 15) is 9.59 Å². The maximum absolute atomic E-state index is 12.5. The summed E-state index contributed by atoms with van der Waals surface area (Å²) in [7, 11) is 0. The summed E-state index contributed by atoms with van der Waals surface area (Å²) < 4.78 is 0. The summed E-state index contributed by atoms with van der Waals surface area (Å²) in [6.07, 6.45) is 7.85. The van der Waals surface area contributed by atoms with Crippen molar-refractivity contribution in [2.45, 2.75) is 51.0 Å². The van der Waals surface area contributed by atoms with Gasteiger partial charge in [0.25, 0.3) is 5.91 Å². The van der Waals surface area contributed by atoms with E-state index in [0.717, 1.165) is 19.4 Å². The molecular formula is C17H24N2O2S. The molecule has 1 N–H and O–H groups in total. The number of carbonyl (C=O) groups is 2. The smallest absolute Gasteiger partial charge is 0.261 e. The van der Waals surface area contributed by atoms with Crippen LogP contribution >= 0.6 is 11.3 Å². The molecule has 22 heavy (non-hydrogen) atoms. The number of amides is 2. The second-order valence-electron chi connectivity index (χ2n) is 6.32. The van der Waals surface area contributed by atoms with Gasteiger partial charge >= 0.3 is 0 Å². The van der Waals surface area contributed by atoms with Gasteiger partial charge in [-0.1, -0.05) is 18.9 Å². The van der Waals surface area contributed by atoms with Gasteiger partial charge in [0.15, 0.2) is 0 Å². The van der Waals surface area contributed by atoms with Crippen LogP contribution in [0, 0.1) is 5.92 Å². The Hall–Kier alpha value is -1.36. The van der Waals surface area contributed by atoms with Crippen molar-refractivity contribution >= 4 is 23.2 Å². The fourth-order valence-corrected chi connectivity index (χ4v) is 4.50. The summed E-state index contributed by atoms with van der Waals surface area (Å²) in [6.45, 7) is 1.34. The molecular weight excluding hydrogens is 296 g/mol. The number of rotatable bonds is 4. The molecule has 0 bridgehead atoms. The summed E-state index contributed by atoms with van der Waals surface area (Å²) in [4.78, 5) is 27.2. The van der Waals surface area contributed by atoms with E-state index >= 15 is 0 Å². The number of likely N-dealkylation sites (tertiary alicyclic amines) is 1. The Balaban J connectivity index is 1.48. The lowest BCUT2D eigenvalue weighted by molar-refractivity contribution is -0.137. The normalized spacial score (nSPS) is 24.6. The second kappa shape index (κ2) is 7.27. The van der Waals surface area contributed by atoms with Crippen LogP contribution in [0.4, 0.5) is 0 Å². The molecule has 2 atom stereocenters. The first kappa shape index (κ1) is 15.5. The number of fused-ring (bicyclic) bond motifs is 1. The van der Waals surface area contributed by atoms with Crippen molar-refractivity contribution in [3.05, 3.63) is 22.4 Å². The van der Waals surface area contributed by atoms with Gasteiger partial charge in [0, 0.05) is 25.6 Å². The zero-order valence-corrected chi connectivity index (χ0v) is 13.7.